The summed E-state index contributed by atoms with van der Waals surface area (Å²) < 4.78 is 13.9. The van der Waals surface area contributed by atoms with Gasteiger partial charge in [0.2, 0.25) is 0 Å². The molecular weight excluding hydrogens is 193 g/mol. The smallest absolute Gasteiger partial charge is 0.129 e. The summed E-state index contributed by atoms with van der Waals surface area (Å²) >= 11 is 0. The van der Waals surface area contributed by atoms with Crippen LogP contribution in [-0.4, -0.2) is 9.78 Å². The molecule has 0 atom stereocenters. The van der Waals surface area contributed by atoms with E-state index in [1.807, 2.05) is 12.1 Å². The van der Waals surface area contributed by atoms with Crippen molar-refractivity contribution in [2.75, 3.05) is 5.73 Å². The number of hydrogen-bond donors (Lipinski definition) is 1. The first kappa shape index (κ1) is 9.71. The molecule has 4 heteroatoms. The van der Waals surface area contributed by atoms with Gasteiger partial charge in [-0.1, -0.05) is 24.3 Å². The molecule has 0 amide bonds. The lowest BCUT2D eigenvalue weighted by molar-refractivity contribution is 0.485. The number of rotatable bonds is 2. The normalized spacial score (nSPS) is 10.5. The summed E-state index contributed by atoms with van der Waals surface area (Å²) in [7, 11) is 1.79. The topological polar surface area (TPSA) is 43.8 Å². The van der Waals surface area contributed by atoms with Crippen LogP contribution in [0.25, 0.3) is 11.1 Å². The van der Waals surface area contributed by atoms with Crippen molar-refractivity contribution in [3.63, 3.8) is 0 Å². The average molecular weight is 205 g/mol. The van der Waals surface area contributed by atoms with Crippen molar-refractivity contribution in [2.24, 2.45) is 7.05 Å². The molecule has 78 valence electrons. The Balaban J connectivity index is 2.41. The number of nitrogens with zero attached hydrogens (tertiary/aromatic N) is 2. The van der Waals surface area contributed by atoms with Crippen LogP contribution in [0.1, 0.15) is 5.56 Å². The Morgan fingerprint density at radius 1 is 1.33 bits per heavy atom. The molecule has 15 heavy (non-hydrogen) atoms. The molecule has 0 fully saturated rings. The van der Waals surface area contributed by atoms with Crippen molar-refractivity contribution >= 4 is 5.82 Å². The fourth-order valence-electron chi connectivity index (χ4n) is 1.44. The van der Waals surface area contributed by atoms with Crippen LogP contribution in [0.2, 0.25) is 0 Å². The standard InChI is InChI=1S/C11H12FN3/c1-15-11(13)10(7-14-15)9-4-2-8(6-12)3-5-9/h2-5,7H,6,13H2,1H3. The molecule has 0 spiro atoms. The summed E-state index contributed by atoms with van der Waals surface area (Å²) in [6.07, 6.45) is 1.71. The molecule has 0 saturated carbocycles. The van der Waals surface area contributed by atoms with Crippen molar-refractivity contribution in [2.45, 2.75) is 6.67 Å². The van der Waals surface area contributed by atoms with Gasteiger partial charge in [-0.3, -0.25) is 4.68 Å². The molecule has 0 aliphatic carbocycles. The average Bonchev–Trinajstić information content (AvgIpc) is 2.60. The molecule has 2 rings (SSSR count). The van der Waals surface area contributed by atoms with Crippen molar-refractivity contribution < 1.29 is 4.39 Å². The summed E-state index contributed by atoms with van der Waals surface area (Å²) in [5.41, 5.74) is 8.33. The summed E-state index contributed by atoms with van der Waals surface area (Å²) in [6, 6.07) is 7.20. The maximum absolute atomic E-state index is 12.3. The van der Waals surface area contributed by atoms with Crippen LogP contribution in [0.3, 0.4) is 0 Å². The van der Waals surface area contributed by atoms with Crippen LogP contribution < -0.4 is 5.73 Å². The number of benzene rings is 1. The number of aromatic nitrogens is 2. The molecule has 0 aliphatic heterocycles. The van der Waals surface area contributed by atoms with Gasteiger partial charge in [0.15, 0.2) is 0 Å². The van der Waals surface area contributed by atoms with E-state index in [1.54, 1.807) is 30.1 Å². The van der Waals surface area contributed by atoms with Gasteiger partial charge >= 0.3 is 0 Å². The number of alkyl halides is 1. The van der Waals surface area contributed by atoms with Gasteiger partial charge in [0, 0.05) is 12.6 Å². The molecule has 1 aromatic heterocycles. The van der Waals surface area contributed by atoms with Gasteiger partial charge in [0.05, 0.1) is 6.20 Å². The van der Waals surface area contributed by atoms with E-state index in [-0.39, 0.29) is 0 Å². The van der Waals surface area contributed by atoms with Gasteiger partial charge in [-0.05, 0) is 11.1 Å². The van der Waals surface area contributed by atoms with Gasteiger partial charge in [0.1, 0.15) is 12.5 Å². The van der Waals surface area contributed by atoms with Crippen LogP contribution in [-0.2, 0) is 13.7 Å². The number of hydrogen-bond acceptors (Lipinski definition) is 2. The first-order valence-electron chi connectivity index (χ1n) is 4.65. The Bertz CT molecular complexity index is 459. The predicted octanol–water partition coefficient (Wildman–Crippen LogP) is 2.14. The van der Waals surface area contributed by atoms with Crippen LogP contribution >= 0.6 is 0 Å². The Morgan fingerprint density at radius 2 is 2.00 bits per heavy atom. The zero-order chi connectivity index (χ0) is 10.8. The summed E-state index contributed by atoms with van der Waals surface area (Å²) in [5.74, 6) is 0.614. The SMILES string of the molecule is Cn1ncc(-c2ccc(CF)cc2)c1N. The Kier molecular flexibility index (Phi) is 2.41. The summed E-state index contributed by atoms with van der Waals surface area (Å²) in [4.78, 5) is 0. The van der Waals surface area contributed by atoms with Gasteiger partial charge in [-0.2, -0.15) is 5.10 Å². The minimum Gasteiger partial charge on any atom is -0.383 e. The largest absolute Gasteiger partial charge is 0.383 e. The fraction of sp³-hybridized carbons (Fsp3) is 0.182. The molecule has 1 heterocycles. The third kappa shape index (κ3) is 1.70. The van der Waals surface area contributed by atoms with Crippen molar-refractivity contribution in [3.05, 3.63) is 36.0 Å². The van der Waals surface area contributed by atoms with E-state index in [0.29, 0.717) is 11.4 Å². The van der Waals surface area contributed by atoms with Crippen molar-refractivity contribution in [1.29, 1.82) is 0 Å². The molecule has 0 bridgehead atoms. The van der Waals surface area contributed by atoms with Gasteiger partial charge in [0.25, 0.3) is 0 Å². The van der Waals surface area contributed by atoms with Crippen molar-refractivity contribution in [3.8, 4) is 11.1 Å². The fourth-order valence-corrected chi connectivity index (χ4v) is 1.44. The number of aryl methyl sites for hydroxylation is 1. The molecule has 1 aromatic carbocycles. The maximum Gasteiger partial charge on any atom is 0.129 e. The predicted molar refractivity (Wildman–Crippen MR) is 57.9 cm³/mol. The first-order valence-corrected chi connectivity index (χ1v) is 4.65. The van der Waals surface area contributed by atoms with E-state index in [4.69, 9.17) is 5.73 Å². The lowest BCUT2D eigenvalue weighted by Crippen LogP contribution is -1.98. The second kappa shape index (κ2) is 3.73. The van der Waals surface area contributed by atoms with E-state index in [0.717, 1.165) is 11.1 Å². The molecule has 2 N–H and O–H groups in total. The molecular formula is C11H12FN3. The van der Waals surface area contributed by atoms with Gasteiger partial charge in [-0.15, -0.1) is 0 Å². The van der Waals surface area contributed by atoms with Gasteiger partial charge in [-0.25, -0.2) is 4.39 Å². The second-order valence-corrected chi connectivity index (χ2v) is 3.40. The molecule has 2 aromatic rings. The minimum absolute atomic E-state index is 0.442. The third-order valence-corrected chi connectivity index (χ3v) is 2.40. The van der Waals surface area contributed by atoms with E-state index in [2.05, 4.69) is 5.10 Å². The first-order chi connectivity index (χ1) is 7.22. The monoisotopic (exact) mass is 205 g/mol. The number of nitrogen functional groups attached to an aromatic ring is 1. The van der Waals surface area contributed by atoms with Crippen molar-refractivity contribution in [1.82, 2.24) is 9.78 Å². The highest BCUT2D eigenvalue weighted by molar-refractivity contribution is 5.73. The zero-order valence-corrected chi connectivity index (χ0v) is 8.44. The lowest BCUT2D eigenvalue weighted by atomic mass is 10.1. The minimum atomic E-state index is -0.442. The molecule has 0 aliphatic rings. The highest BCUT2D eigenvalue weighted by atomic mass is 19.1. The maximum atomic E-state index is 12.3. The number of nitrogens with two attached hydrogens (primary N) is 1. The van der Waals surface area contributed by atoms with E-state index < -0.39 is 6.67 Å². The number of anilines is 1. The lowest BCUT2D eigenvalue weighted by Gasteiger charge is -2.01. The molecule has 0 saturated heterocycles. The highest BCUT2D eigenvalue weighted by Crippen LogP contribution is 2.25. The molecule has 0 radical (unpaired) electrons. The Hall–Kier alpha value is -1.84. The summed E-state index contributed by atoms with van der Waals surface area (Å²) in [6.45, 7) is -0.442. The molecule has 0 unspecified atom stereocenters. The second-order valence-electron chi connectivity index (χ2n) is 3.40. The van der Waals surface area contributed by atoms with Gasteiger partial charge < -0.3 is 5.73 Å². The highest BCUT2D eigenvalue weighted by Gasteiger charge is 2.06. The van der Waals surface area contributed by atoms with Crippen LogP contribution in [0.15, 0.2) is 30.5 Å². The van der Waals surface area contributed by atoms with Crippen LogP contribution in [0.5, 0.6) is 0 Å². The van der Waals surface area contributed by atoms with E-state index in [9.17, 15) is 4.39 Å². The van der Waals surface area contributed by atoms with Crippen LogP contribution in [0, 0.1) is 0 Å². The molecule has 3 nitrogen and oxygen atoms in total. The number of halogens is 1. The van der Waals surface area contributed by atoms with Crippen LogP contribution in [0.4, 0.5) is 10.2 Å². The zero-order valence-electron chi connectivity index (χ0n) is 8.44. The quantitative estimate of drug-likeness (QED) is 0.816. The Morgan fingerprint density at radius 3 is 2.47 bits per heavy atom. The van der Waals surface area contributed by atoms with E-state index in [1.165, 1.54) is 0 Å². The van der Waals surface area contributed by atoms with E-state index >= 15 is 0 Å². The third-order valence-electron chi connectivity index (χ3n) is 2.40. The Labute approximate surface area is 87.3 Å². The summed E-state index contributed by atoms with van der Waals surface area (Å²) in [5, 5.41) is 4.05.